The highest BCUT2D eigenvalue weighted by atomic mass is 16.6. The SMILES string of the molecule is COc1ccccc1C[C@@H]1C[C@H]2C[C@@H]([C@@H]1OC(=O)CC1(C)OCCc3c1[nH]c1ccccc31)C2(C)C. The molecular formula is C31H37NO4. The van der Waals surface area contributed by atoms with Gasteiger partial charge in [-0.1, -0.05) is 50.2 Å². The van der Waals surface area contributed by atoms with Gasteiger partial charge in [-0.25, -0.2) is 0 Å². The van der Waals surface area contributed by atoms with Crippen LogP contribution in [0.5, 0.6) is 5.75 Å². The van der Waals surface area contributed by atoms with Gasteiger partial charge in [-0.3, -0.25) is 4.79 Å². The summed E-state index contributed by atoms with van der Waals surface area (Å²) in [6, 6.07) is 16.6. The largest absolute Gasteiger partial charge is 0.496 e. The van der Waals surface area contributed by atoms with Crippen LogP contribution >= 0.6 is 0 Å². The van der Waals surface area contributed by atoms with Gasteiger partial charge in [0.1, 0.15) is 17.5 Å². The lowest BCUT2D eigenvalue weighted by atomic mass is 9.45. The van der Waals surface area contributed by atoms with Gasteiger partial charge in [0.25, 0.3) is 0 Å². The number of methoxy groups -OCH3 is 1. The summed E-state index contributed by atoms with van der Waals surface area (Å²) in [7, 11) is 1.72. The zero-order valence-corrected chi connectivity index (χ0v) is 21.8. The van der Waals surface area contributed by atoms with Crippen molar-refractivity contribution in [2.45, 2.75) is 64.6 Å². The molecule has 0 spiro atoms. The molecule has 3 fully saturated rings. The molecule has 1 aliphatic heterocycles. The Morgan fingerprint density at radius 3 is 2.67 bits per heavy atom. The zero-order chi connectivity index (χ0) is 25.1. The normalized spacial score (nSPS) is 30.3. The summed E-state index contributed by atoms with van der Waals surface area (Å²) in [6.07, 6.45) is 4.07. The molecule has 2 heterocycles. The topological polar surface area (TPSA) is 60.6 Å². The predicted octanol–water partition coefficient (Wildman–Crippen LogP) is 6.19. The van der Waals surface area contributed by atoms with Crippen LogP contribution in [-0.2, 0) is 32.7 Å². The van der Waals surface area contributed by atoms with Crippen LogP contribution in [0.15, 0.2) is 48.5 Å². The van der Waals surface area contributed by atoms with Gasteiger partial charge in [-0.2, -0.15) is 0 Å². The van der Waals surface area contributed by atoms with Crippen LogP contribution in [0.25, 0.3) is 10.9 Å². The molecule has 5 nitrogen and oxygen atoms in total. The molecule has 5 atom stereocenters. The summed E-state index contributed by atoms with van der Waals surface area (Å²) in [4.78, 5) is 17.1. The third-order valence-corrected chi connectivity index (χ3v) is 9.53. The van der Waals surface area contributed by atoms with E-state index in [0.717, 1.165) is 42.6 Å². The van der Waals surface area contributed by atoms with E-state index in [-0.39, 0.29) is 23.9 Å². The summed E-state index contributed by atoms with van der Waals surface area (Å²) < 4.78 is 18.3. The fourth-order valence-electron chi connectivity index (χ4n) is 7.34. The Labute approximate surface area is 213 Å². The average Bonchev–Trinajstić information content (AvgIpc) is 3.25. The summed E-state index contributed by atoms with van der Waals surface area (Å²) in [5.41, 5.74) is 4.06. The van der Waals surface area contributed by atoms with Gasteiger partial charge in [0.2, 0.25) is 0 Å². The molecule has 0 amide bonds. The number of para-hydroxylation sites is 2. The molecule has 7 rings (SSSR count). The van der Waals surface area contributed by atoms with Crippen molar-refractivity contribution in [2.24, 2.45) is 23.2 Å². The molecular weight excluding hydrogens is 450 g/mol. The number of aromatic nitrogens is 1. The minimum absolute atomic E-state index is 0.0863. The third kappa shape index (κ3) is 3.75. The number of hydrogen-bond acceptors (Lipinski definition) is 4. The first kappa shape index (κ1) is 23.6. The number of rotatable bonds is 6. The number of H-pyrrole nitrogens is 1. The molecule has 3 saturated carbocycles. The second kappa shape index (κ2) is 8.65. The maximum absolute atomic E-state index is 13.6. The first-order chi connectivity index (χ1) is 17.3. The predicted molar refractivity (Wildman–Crippen MR) is 140 cm³/mol. The van der Waals surface area contributed by atoms with E-state index < -0.39 is 5.60 Å². The number of benzene rings is 2. The van der Waals surface area contributed by atoms with Crippen molar-refractivity contribution in [3.63, 3.8) is 0 Å². The quantitative estimate of drug-likeness (QED) is 0.421. The number of aromatic amines is 1. The Kier molecular flexibility index (Phi) is 5.67. The second-order valence-electron chi connectivity index (χ2n) is 11.9. The highest BCUT2D eigenvalue weighted by Gasteiger charge is 2.59. The lowest BCUT2D eigenvalue weighted by Crippen LogP contribution is -2.60. The molecule has 2 aromatic carbocycles. The molecule has 0 radical (unpaired) electrons. The Morgan fingerprint density at radius 1 is 1.08 bits per heavy atom. The van der Waals surface area contributed by atoms with Crippen LogP contribution in [0.3, 0.4) is 0 Å². The van der Waals surface area contributed by atoms with Gasteiger partial charge >= 0.3 is 5.97 Å². The first-order valence-corrected chi connectivity index (χ1v) is 13.4. The average molecular weight is 488 g/mol. The lowest BCUT2D eigenvalue weighted by Gasteiger charge is -2.61. The van der Waals surface area contributed by atoms with E-state index in [2.05, 4.69) is 49.2 Å². The number of ether oxygens (including phenoxy) is 3. The molecule has 36 heavy (non-hydrogen) atoms. The molecule has 5 heteroatoms. The molecule has 3 aromatic rings. The fraction of sp³-hybridized carbons (Fsp3) is 0.516. The summed E-state index contributed by atoms with van der Waals surface area (Å²) >= 11 is 0. The number of esters is 1. The monoisotopic (exact) mass is 487 g/mol. The number of carbonyl (C=O) groups excluding carboxylic acids is 1. The Balaban J connectivity index is 1.24. The van der Waals surface area contributed by atoms with E-state index >= 15 is 0 Å². The minimum atomic E-state index is -0.714. The highest BCUT2D eigenvalue weighted by Crippen LogP contribution is 2.62. The molecule has 4 aliphatic rings. The van der Waals surface area contributed by atoms with E-state index in [0.29, 0.717) is 24.4 Å². The van der Waals surface area contributed by atoms with Crippen LogP contribution < -0.4 is 4.74 Å². The van der Waals surface area contributed by atoms with Crippen molar-refractivity contribution in [3.05, 3.63) is 65.4 Å². The smallest absolute Gasteiger partial charge is 0.309 e. The van der Waals surface area contributed by atoms with Crippen molar-refractivity contribution in [1.29, 1.82) is 0 Å². The van der Waals surface area contributed by atoms with E-state index in [9.17, 15) is 4.79 Å². The zero-order valence-electron chi connectivity index (χ0n) is 21.8. The van der Waals surface area contributed by atoms with E-state index in [1.807, 2.05) is 25.1 Å². The van der Waals surface area contributed by atoms with Crippen molar-refractivity contribution < 1.29 is 19.0 Å². The number of carbonyl (C=O) groups is 1. The minimum Gasteiger partial charge on any atom is -0.496 e. The molecule has 1 aromatic heterocycles. The standard InChI is InChI=1S/C31H37NO4/c1-30(2)21-16-20(15-19-9-5-8-12-26(19)34-4)28(24(30)17-21)36-27(33)18-31(3)29-23(13-14-35-31)22-10-6-7-11-25(22)32-29/h5-12,20-21,24,28,32H,13-18H2,1-4H3/t20-,21+,24+,28-,31?/m1/s1. The second-order valence-corrected chi connectivity index (χ2v) is 11.9. The third-order valence-electron chi connectivity index (χ3n) is 9.53. The first-order valence-electron chi connectivity index (χ1n) is 13.4. The lowest BCUT2D eigenvalue weighted by molar-refractivity contribution is -0.203. The number of nitrogens with one attached hydrogen (secondary N) is 1. The van der Waals surface area contributed by atoms with Gasteiger partial charge in [-0.15, -0.1) is 0 Å². The van der Waals surface area contributed by atoms with Crippen LogP contribution in [0.2, 0.25) is 0 Å². The molecule has 190 valence electrons. The van der Waals surface area contributed by atoms with Crippen molar-refractivity contribution in [3.8, 4) is 5.75 Å². The Hall–Kier alpha value is -2.79. The highest BCUT2D eigenvalue weighted by molar-refractivity contribution is 5.85. The van der Waals surface area contributed by atoms with E-state index in [1.165, 1.54) is 16.5 Å². The van der Waals surface area contributed by atoms with E-state index in [4.69, 9.17) is 14.2 Å². The maximum Gasteiger partial charge on any atom is 0.309 e. The van der Waals surface area contributed by atoms with Crippen LogP contribution in [0, 0.1) is 23.2 Å². The van der Waals surface area contributed by atoms with E-state index in [1.54, 1.807) is 7.11 Å². The Morgan fingerprint density at radius 2 is 1.86 bits per heavy atom. The summed E-state index contributed by atoms with van der Waals surface area (Å²) in [6.45, 7) is 7.32. The van der Waals surface area contributed by atoms with Crippen molar-refractivity contribution >= 4 is 16.9 Å². The van der Waals surface area contributed by atoms with Crippen LogP contribution in [0.4, 0.5) is 0 Å². The van der Waals surface area contributed by atoms with Gasteiger partial charge in [0.05, 0.1) is 25.8 Å². The van der Waals surface area contributed by atoms with Gasteiger partial charge in [0, 0.05) is 22.7 Å². The summed E-state index contributed by atoms with van der Waals surface area (Å²) in [5, 5.41) is 1.22. The number of fused-ring (bicyclic) bond motifs is 5. The van der Waals surface area contributed by atoms with Gasteiger partial charge in [-0.05, 0) is 67.2 Å². The molecule has 1 N–H and O–H groups in total. The summed E-state index contributed by atoms with van der Waals surface area (Å²) in [5.74, 6) is 2.12. The Bertz CT molecular complexity index is 1290. The fourth-order valence-corrected chi connectivity index (χ4v) is 7.34. The van der Waals surface area contributed by atoms with Crippen LogP contribution in [-0.4, -0.2) is 30.8 Å². The van der Waals surface area contributed by atoms with Gasteiger partial charge in [0.15, 0.2) is 0 Å². The van der Waals surface area contributed by atoms with Crippen molar-refractivity contribution in [1.82, 2.24) is 4.98 Å². The molecule has 1 unspecified atom stereocenters. The van der Waals surface area contributed by atoms with Crippen molar-refractivity contribution in [2.75, 3.05) is 13.7 Å². The maximum atomic E-state index is 13.6. The number of hydrogen-bond donors (Lipinski definition) is 1. The molecule has 2 bridgehead atoms. The van der Waals surface area contributed by atoms with Gasteiger partial charge < -0.3 is 19.2 Å². The molecule has 0 saturated heterocycles. The molecule has 3 aliphatic carbocycles. The van der Waals surface area contributed by atoms with Crippen LogP contribution in [0.1, 0.15) is 56.9 Å².